The number of rotatable bonds is 13. The molecule has 8 nitrogen and oxygen atoms in total. The van der Waals surface area contributed by atoms with Gasteiger partial charge in [0.05, 0.1) is 12.2 Å². The Balaban J connectivity index is 1.58. The highest BCUT2D eigenvalue weighted by Gasteiger charge is 2.18. The molecule has 0 fully saturated rings. The normalized spacial score (nSPS) is 12.3. The first kappa shape index (κ1) is 24.8. The maximum absolute atomic E-state index is 4.88. The number of unbranched alkanes of at least 4 members (excludes halogenated alkanes) is 3. The number of hydrogen-bond donors (Lipinski definition) is 1. The summed E-state index contributed by atoms with van der Waals surface area (Å²) < 4.78 is 4.26. The first-order chi connectivity index (χ1) is 17.1. The van der Waals surface area contributed by atoms with Gasteiger partial charge in [0.2, 0.25) is 5.82 Å². The Morgan fingerprint density at radius 3 is 2.43 bits per heavy atom. The number of aromatic nitrogens is 8. The molecule has 1 N–H and O–H groups in total. The number of H-pyrrole nitrogens is 1. The van der Waals surface area contributed by atoms with Gasteiger partial charge in [-0.2, -0.15) is 10.3 Å². The minimum Gasteiger partial charge on any atom is -0.313 e. The zero-order valence-electron chi connectivity index (χ0n) is 21.5. The first-order valence-electron chi connectivity index (χ1n) is 13.1. The molecule has 186 valence electrons. The molecule has 0 aliphatic carbocycles. The van der Waals surface area contributed by atoms with Crippen LogP contribution in [0.2, 0.25) is 0 Å². The Bertz CT molecular complexity index is 1170. The van der Waals surface area contributed by atoms with Crippen molar-refractivity contribution in [2.75, 3.05) is 0 Å². The topological polar surface area (TPSA) is 90.1 Å². The van der Waals surface area contributed by atoms with Crippen molar-refractivity contribution in [1.82, 2.24) is 40.0 Å². The SMILES string of the molecule is CCCCCc1ccn(-c2ccc(Cn3nc(CCCC)nc3C(C)CC)cc2)c1-c1nn[nH]n1. The fourth-order valence-electron chi connectivity index (χ4n) is 4.41. The van der Waals surface area contributed by atoms with Crippen molar-refractivity contribution in [2.24, 2.45) is 0 Å². The monoisotopic (exact) mass is 474 g/mol. The lowest BCUT2D eigenvalue weighted by atomic mass is 10.1. The van der Waals surface area contributed by atoms with Crippen LogP contribution in [0.25, 0.3) is 17.2 Å². The zero-order chi connectivity index (χ0) is 24.6. The lowest BCUT2D eigenvalue weighted by Gasteiger charge is -2.12. The van der Waals surface area contributed by atoms with E-state index in [1.807, 2.05) is 0 Å². The van der Waals surface area contributed by atoms with E-state index in [0.29, 0.717) is 11.7 Å². The van der Waals surface area contributed by atoms with Crippen molar-refractivity contribution in [3.8, 4) is 17.2 Å². The van der Waals surface area contributed by atoms with Gasteiger partial charge in [0.1, 0.15) is 5.82 Å². The number of aryl methyl sites for hydroxylation is 2. The van der Waals surface area contributed by atoms with Crippen molar-refractivity contribution < 1.29 is 0 Å². The summed E-state index contributed by atoms with van der Waals surface area (Å²) in [5.41, 5.74) is 4.56. The smallest absolute Gasteiger partial charge is 0.221 e. The fraction of sp³-hybridized carbons (Fsp3) is 0.519. The molecule has 4 rings (SSSR count). The first-order valence-corrected chi connectivity index (χ1v) is 13.1. The standard InChI is InChI=1S/C27H38N8/c1-5-8-10-11-22-17-18-34(25(22)26-29-32-33-30-26)23-15-13-21(14-16-23)19-35-27(20(4)7-3)28-24(31-35)12-9-6-2/h13-18,20H,5-12,19H2,1-4H3,(H,29,30,32,33). The van der Waals surface area contributed by atoms with Gasteiger partial charge in [-0.15, -0.1) is 10.2 Å². The molecule has 0 saturated carbocycles. The number of benzene rings is 1. The molecule has 1 unspecified atom stereocenters. The van der Waals surface area contributed by atoms with Crippen LogP contribution in [0.5, 0.6) is 0 Å². The lowest BCUT2D eigenvalue weighted by Crippen LogP contribution is -2.09. The van der Waals surface area contributed by atoms with Gasteiger partial charge in [-0.25, -0.2) is 9.67 Å². The van der Waals surface area contributed by atoms with Gasteiger partial charge >= 0.3 is 0 Å². The molecule has 8 heteroatoms. The van der Waals surface area contributed by atoms with Gasteiger partial charge < -0.3 is 4.57 Å². The third-order valence-corrected chi connectivity index (χ3v) is 6.67. The molecule has 1 atom stereocenters. The highest BCUT2D eigenvalue weighted by Crippen LogP contribution is 2.27. The largest absolute Gasteiger partial charge is 0.313 e. The molecule has 0 aliphatic rings. The molecule has 1 aromatic carbocycles. The molecule has 0 saturated heterocycles. The summed E-state index contributed by atoms with van der Waals surface area (Å²) in [6, 6.07) is 10.9. The van der Waals surface area contributed by atoms with Crippen molar-refractivity contribution in [3.05, 3.63) is 59.3 Å². The number of aromatic amines is 1. The fourth-order valence-corrected chi connectivity index (χ4v) is 4.41. The van der Waals surface area contributed by atoms with E-state index in [4.69, 9.17) is 10.1 Å². The van der Waals surface area contributed by atoms with Crippen LogP contribution in [0.3, 0.4) is 0 Å². The predicted molar refractivity (Wildman–Crippen MR) is 139 cm³/mol. The van der Waals surface area contributed by atoms with Crippen LogP contribution in [0.15, 0.2) is 36.5 Å². The summed E-state index contributed by atoms with van der Waals surface area (Å²) in [6.07, 6.45) is 11.0. The van der Waals surface area contributed by atoms with E-state index in [2.05, 4.69) is 94.1 Å². The Morgan fingerprint density at radius 1 is 0.943 bits per heavy atom. The molecule has 4 aromatic rings. The maximum atomic E-state index is 4.88. The third kappa shape index (κ3) is 5.86. The van der Waals surface area contributed by atoms with Crippen LogP contribution in [0.1, 0.15) is 94.9 Å². The van der Waals surface area contributed by atoms with Crippen LogP contribution in [0, 0.1) is 0 Å². The molecular weight excluding hydrogens is 436 g/mol. The van der Waals surface area contributed by atoms with Crippen LogP contribution in [-0.2, 0) is 19.4 Å². The summed E-state index contributed by atoms with van der Waals surface area (Å²) in [5.74, 6) is 3.07. The quantitative estimate of drug-likeness (QED) is 0.244. The number of hydrogen-bond acceptors (Lipinski definition) is 5. The Morgan fingerprint density at radius 2 is 1.74 bits per heavy atom. The number of nitrogens with one attached hydrogen (secondary N) is 1. The van der Waals surface area contributed by atoms with Gasteiger partial charge in [0.15, 0.2) is 5.82 Å². The van der Waals surface area contributed by atoms with Crippen molar-refractivity contribution >= 4 is 0 Å². The summed E-state index contributed by atoms with van der Waals surface area (Å²) in [4.78, 5) is 4.88. The summed E-state index contributed by atoms with van der Waals surface area (Å²) in [7, 11) is 0. The molecule has 0 spiro atoms. The van der Waals surface area contributed by atoms with Gasteiger partial charge in [-0.1, -0.05) is 59.1 Å². The van der Waals surface area contributed by atoms with Gasteiger partial charge in [-0.3, -0.25) is 0 Å². The maximum Gasteiger partial charge on any atom is 0.221 e. The van der Waals surface area contributed by atoms with Gasteiger partial charge in [0, 0.05) is 24.2 Å². The molecule has 0 aliphatic heterocycles. The average Bonchev–Trinajstić information content (AvgIpc) is 3.63. The highest BCUT2D eigenvalue weighted by atomic mass is 15.5. The summed E-state index contributed by atoms with van der Waals surface area (Å²) >= 11 is 0. The molecule has 0 amide bonds. The molecule has 0 radical (unpaired) electrons. The summed E-state index contributed by atoms with van der Waals surface area (Å²) in [6.45, 7) is 9.60. The second kappa shape index (κ2) is 11.9. The van der Waals surface area contributed by atoms with Crippen LogP contribution in [-0.4, -0.2) is 40.0 Å². The molecule has 35 heavy (non-hydrogen) atoms. The Labute approximate surface area is 208 Å². The highest BCUT2D eigenvalue weighted by molar-refractivity contribution is 5.60. The summed E-state index contributed by atoms with van der Waals surface area (Å²) in [5, 5.41) is 19.8. The second-order valence-corrected chi connectivity index (χ2v) is 9.38. The van der Waals surface area contributed by atoms with Crippen LogP contribution >= 0.6 is 0 Å². The lowest BCUT2D eigenvalue weighted by molar-refractivity contribution is 0.574. The van der Waals surface area contributed by atoms with E-state index in [-0.39, 0.29) is 0 Å². The average molecular weight is 475 g/mol. The molecule has 3 aromatic heterocycles. The third-order valence-electron chi connectivity index (χ3n) is 6.67. The zero-order valence-corrected chi connectivity index (χ0v) is 21.5. The number of tetrazole rings is 1. The van der Waals surface area contributed by atoms with Crippen LogP contribution in [0.4, 0.5) is 0 Å². The number of nitrogens with zero attached hydrogens (tertiary/aromatic N) is 7. The van der Waals surface area contributed by atoms with Gasteiger partial charge in [-0.05, 0) is 60.2 Å². The second-order valence-electron chi connectivity index (χ2n) is 9.38. The van der Waals surface area contributed by atoms with E-state index in [0.717, 1.165) is 68.1 Å². The Hall–Kier alpha value is -3.29. The van der Waals surface area contributed by atoms with Crippen molar-refractivity contribution in [1.29, 1.82) is 0 Å². The van der Waals surface area contributed by atoms with E-state index in [9.17, 15) is 0 Å². The van der Waals surface area contributed by atoms with Gasteiger partial charge in [0.25, 0.3) is 0 Å². The van der Waals surface area contributed by atoms with Crippen molar-refractivity contribution in [3.63, 3.8) is 0 Å². The minimum absolute atomic E-state index is 0.390. The Kier molecular flexibility index (Phi) is 8.45. The molecular formula is C27H38N8. The van der Waals surface area contributed by atoms with E-state index in [1.54, 1.807) is 0 Å². The molecule has 3 heterocycles. The van der Waals surface area contributed by atoms with E-state index >= 15 is 0 Å². The predicted octanol–water partition coefficient (Wildman–Crippen LogP) is 5.89. The van der Waals surface area contributed by atoms with E-state index < -0.39 is 0 Å². The minimum atomic E-state index is 0.390. The molecule has 0 bridgehead atoms. The van der Waals surface area contributed by atoms with Crippen LogP contribution < -0.4 is 0 Å². The van der Waals surface area contributed by atoms with Crippen molar-refractivity contribution in [2.45, 2.75) is 91.5 Å². The van der Waals surface area contributed by atoms with E-state index in [1.165, 1.54) is 24.0 Å².